The molecule has 1 heterocycles. The van der Waals surface area contributed by atoms with Crippen molar-refractivity contribution in [3.63, 3.8) is 0 Å². The first-order chi connectivity index (χ1) is 8.23. The van der Waals surface area contributed by atoms with Crippen LogP contribution >= 0.6 is 0 Å². The zero-order valence-corrected chi connectivity index (χ0v) is 11.7. The van der Waals surface area contributed by atoms with Gasteiger partial charge in [-0.3, -0.25) is 4.68 Å². The van der Waals surface area contributed by atoms with E-state index in [2.05, 4.69) is 5.10 Å². The lowest BCUT2D eigenvalue weighted by Crippen LogP contribution is -2.35. The maximum absolute atomic E-state index is 12.4. The largest absolute Gasteiger partial charge is 0.381 e. The van der Waals surface area contributed by atoms with E-state index in [1.54, 1.807) is 20.9 Å². The molecule has 0 amide bonds. The van der Waals surface area contributed by atoms with E-state index in [9.17, 15) is 8.42 Å². The summed E-state index contributed by atoms with van der Waals surface area (Å²) in [6.07, 6.45) is 0.120. The van der Waals surface area contributed by atoms with Gasteiger partial charge in [0.2, 0.25) is 10.0 Å². The van der Waals surface area contributed by atoms with Crippen molar-refractivity contribution in [3.8, 4) is 6.07 Å². The number of aryl methyl sites for hydroxylation is 1. The predicted molar refractivity (Wildman–Crippen MR) is 67.0 cm³/mol. The Bertz CT molecular complexity index is 584. The van der Waals surface area contributed by atoms with Gasteiger partial charge >= 0.3 is 0 Å². The summed E-state index contributed by atoms with van der Waals surface area (Å²) in [7, 11) is -0.665. The van der Waals surface area contributed by atoms with Crippen LogP contribution in [0, 0.1) is 18.3 Å². The summed E-state index contributed by atoms with van der Waals surface area (Å²) in [5.41, 5.74) is 6.11. The van der Waals surface area contributed by atoms with Crippen molar-refractivity contribution in [2.24, 2.45) is 7.05 Å². The normalized spacial score (nSPS) is 13.6. The van der Waals surface area contributed by atoms with Crippen LogP contribution in [0.25, 0.3) is 0 Å². The maximum Gasteiger partial charge on any atom is 0.248 e. The van der Waals surface area contributed by atoms with Gasteiger partial charge in [-0.15, -0.1) is 0 Å². The van der Waals surface area contributed by atoms with Crippen molar-refractivity contribution >= 4 is 15.8 Å². The average molecular weight is 271 g/mol. The number of hydrogen-bond acceptors (Lipinski definition) is 5. The fourth-order valence-electron chi connectivity index (χ4n) is 1.57. The minimum absolute atomic E-state index is 0.0114. The van der Waals surface area contributed by atoms with Gasteiger partial charge in [0.05, 0.1) is 18.2 Å². The van der Waals surface area contributed by atoms with Gasteiger partial charge in [-0.1, -0.05) is 0 Å². The molecule has 0 aliphatic rings. The molecule has 0 fully saturated rings. The standard InChI is InChI=1S/C10H17N5O2S/c1-7(5-6-11)15(4)18(16,17)9-8(2)14(3)13-10(9)12/h7H,5H2,1-4H3,(H2,12,13). The molecule has 0 aromatic carbocycles. The molecule has 7 nitrogen and oxygen atoms in total. The second-order valence-electron chi connectivity index (χ2n) is 4.16. The van der Waals surface area contributed by atoms with Gasteiger partial charge in [0.15, 0.2) is 5.82 Å². The molecule has 0 spiro atoms. The summed E-state index contributed by atoms with van der Waals surface area (Å²) in [6.45, 7) is 3.31. The van der Waals surface area contributed by atoms with Crippen molar-refractivity contribution in [1.82, 2.24) is 14.1 Å². The number of aromatic nitrogens is 2. The molecule has 1 rings (SSSR count). The third kappa shape index (κ3) is 2.32. The number of nitrogen functional groups attached to an aromatic ring is 1. The van der Waals surface area contributed by atoms with Gasteiger partial charge in [-0.25, -0.2) is 8.42 Å². The van der Waals surface area contributed by atoms with Crippen LogP contribution in [0.2, 0.25) is 0 Å². The number of nitrogens with zero attached hydrogens (tertiary/aromatic N) is 4. The van der Waals surface area contributed by atoms with E-state index < -0.39 is 16.1 Å². The molecule has 0 radical (unpaired) electrons. The Kier molecular flexibility index (Phi) is 3.98. The summed E-state index contributed by atoms with van der Waals surface area (Å²) in [4.78, 5) is 0.0114. The molecular formula is C10H17N5O2S. The van der Waals surface area contributed by atoms with Gasteiger partial charge in [-0.2, -0.15) is 14.7 Å². The second kappa shape index (κ2) is 4.96. The summed E-state index contributed by atoms with van der Waals surface area (Å²) in [5, 5.41) is 12.5. The Balaban J connectivity index is 3.27. The number of nitrogens with two attached hydrogens (primary N) is 1. The molecule has 2 N–H and O–H groups in total. The summed E-state index contributed by atoms with van der Waals surface area (Å²) in [6, 6.07) is 1.53. The van der Waals surface area contributed by atoms with Crippen LogP contribution in [0.4, 0.5) is 5.82 Å². The molecule has 0 aliphatic heterocycles. The highest BCUT2D eigenvalue weighted by molar-refractivity contribution is 7.89. The quantitative estimate of drug-likeness (QED) is 0.844. The fourth-order valence-corrected chi connectivity index (χ4v) is 3.22. The van der Waals surface area contributed by atoms with Crippen molar-refractivity contribution in [3.05, 3.63) is 5.69 Å². The van der Waals surface area contributed by atoms with Crippen LogP contribution in [0.15, 0.2) is 4.90 Å². The SMILES string of the molecule is Cc1c(S(=O)(=O)N(C)C(C)CC#N)c(N)nn1C. The fraction of sp³-hybridized carbons (Fsp3) is 0.600. The van der Waals surface area contributed by atoms with E-state index in [1.807, 2.05) is 6.07 Å². The molecular weight excluding hydrogens is 254 g/mol. The molecule has 0 bridgehead atoms. The van der Waals surface area contributed by atoms with E-state index in [0.717, 1.165) is 4.31 Å². The predicted octanol–water partition coefficient (Wildman–Crippen LogP) is 0.233. The first kappa shape index (κ1) is 14.5. The Morgan fingerprint density at radius 3 is 2.56 bits per heavy atom. The molecule has 1 aromatic rings. The van der Waals surface area contributed by atoms with Gasteiger partial charge in [0.25, 0.3) is 0 Å². The van der Waals surface area contributed by atoms with E-state index in [1.165, 1.54) is 11.7 Å². The van der Waals surface area contributed by atoms with E-state index >= 15 is 0 Å². The highest BCUT2D eigenvalue weighted by Gasteiger charge is 2.31. The Labute approximate surface area is 107 Å². The van der Waals surface area contributed by atoms with Gasteiger partial charge < -0.3 is 5.73 Å². The first-order valence-electron chi connectivity index (χ1n) is 5.37. The minimum atomic E-state index is -3.73. The summed E-state index contributed by atoms with van der Waals surface area (Å²) < 4.78 is 27.3. The number of anilines is 1. The zero-order chi connectivity index (χ0) is 14.1. The van der Waals surface area contributed by atoms with Crippen LogP contribution in [0.3, 0.4) is 0 Å². The molecule has 1 aromatic heterocycles. The number of sulfonamides is 1. The van der Waals surface area contributed by atoms with Crippen LogP contribution in [-0.2, 0) is 17.1 Å². The van der Waals surface area contributed by atoms with Crippen molar-refractivity contribution in [1.29, 1.82) is 5.26 Å². The smallest absolute Gasteiger partial charge is 0.248 e. The van der Waals surface area contributed by atoms with E-state index in [0.29, 0.717) is 5.69 Å². The third-order valence-corrected chi connectivity index (χ3v) is 5.09. The topological polar surface area (TPSA) is 105 Å². The molecule has 0 aliphatic carbocycles. The summed E-state index contributed by atoms with van der Waals surface area (Å²) in [5.74, 6) is -0.0222. The highest BCUT2D eigenvalue weighted by Crippen LogP contribution is 2.25. The first-order valence-corrected chi connectivity index (χ1v) is 6.81. The summed E-state index contributed by atoms with van der Waals surface area (Å²) >= 11 is 0. The molecule has 0 saturated carbocycles. The monoisotopic (exact) mass is 271 g/mol. The van der Waals surface area contributed by atoms with Crippen molar-refractivity contribution < 1.29 is 8.42 Å². The molecule has 8 heteroatoms. The second-order valence-corrected chi connectivity index (χ2v) is 6.09. The van der Waals surface area contributed by atoms with E-state index in [-0.39, 0.29) is 17.1 Å². The Morgan fingerprint density at radius 1 is 1.61 bits per heavy atom. The van der Waals surface area contributed by atoms with Gasteiger partial charge in [-0.05, 0) is 13.8 Å². The van der Waals surface area contributed by atoms with Crippen LogP contribution in [0.1, 0.15) is 19.0 Å². The van der Waals surface area contributed by atoms with Gasteiger partial charge in [0.1, 0.15) is 4.90 Å². The molecule has 0 saturated heterocycles. The van der Waals surface area contributed by atoms with Crippen LogP contribution in [0.5, 0.6) is 0 Å². The zero-order valence-electron chi connectivity index (χ0n) is 10.9. The van der Waals surface area contributed by atoms with Crippen LogP contribution < -0.4 is 5.73 Å². The van der Waals surface area contributed by atoms with Crippen molar-refractivity contribution in [2.75, 3.05) is 12.8 Å². The average Bonchev–Trinajstić information content (AvgIpc) is 2.52. The lowest BCUT2D eigenvalue weighted by atomic mass is 10.3. The van der Waals surface area contributed by atoms with E-state index in [4.69, 9.17) is 11.0 Å². The number of rotatable bonds is 4. The third-order valence-electron chi connectivity index (χ3n) is 2.95. The Morgan fingerprint density at radius 2 is 2.17 bits per heavy atom. The maximum atomic E-state index is 12.4. The van der Waals surface area contributed by atoms with Crippen LogP contribution in [-0.4, -0.2) is 35.6 Å². The highest BCUT2D eigenvalue weighted by atomic mass is 32.2. The minimum Gasteiger partial charge on any atom is -0.381 e. The number of hydrogen-bond donors (Lipinski definition) is 1. The molecule has 100 valence electrons. The Hall–Kier alpha value is -1.59. The molecule has 1 unspecified atom stereocenters. The lowest BCUT2D eigenvalue weighted by Gasteiger charge is -2.22. The molecule has 18 heavy (non-hydrogen) atoms. The molecule has 1 atom stereocenters. The van der Waals surface area contributed by atoms with Gasteiger partial charge in [0, 0.05) is 20.1 Å². The van der Waals surface area contributed by atoms with Crippen molar-refractivity contribution in [2.45, 2.75) is 31.2 Å². The lowest BCUT2D eigenvalue weighted by molar-refractivity contribution is 0.393. The number of nitriles is 1.